The Morgan fingerprint density at radius 3 is 0.864 bits per heavy atom. The molecule has 0 aliphatic carbocycles. The standard InChI is InChI=1S/C38H63O5P/c1-17-37(18-2,25-21-27(33(5,6)7)31(39)28(22-25)34(8,9)10)42-44(41)43-38(19-3,20-4)26-23-29(35(11,12)13)32(40)30(24-26)36(14,15)16/h21-24,39-40,44H,17-20H2,1-16H3. The van der Waals surface area contributed by atoms with E-state index in [1.807, 2.05) is 24.3 Å². The second-order valence-corrected chi connectivity index (χ2v) is 17.6. The lowest BCUT2D eigenvalue weighted by molar-refractivity contribution is -0.00191. The van der Waals surface area contributed by atoms with Crippen LogP contribution in [0.3, 0.4) is 0 Å². The Labute approximate surface area is 270 Å². The summed E-state index contributed by atoms with van der Waals surface area (Å²) >= 11 is 0. The van der Waals surface area contributed by atoms with Crippen LogP contribution in [-0.2, 0) is 46.5 Å². The molecule has 0 fully saturated rings. The van der Waals surface area contributed by atoms with Crippen molar-refractivity contribution in [2.45, 2.75) is 169 Å². The second kappa shape index (κ2) is 13.1. The lowest BCUT2D eigenvalue weighted by atomic mass is 9.75. The molecule has 0 amide bonds. The molecule has 2 N–H and O–H groups in total. The smallest absolute Gasteiger partial charge is 0.320 e. The van der Waals surface area contributed by atoms with Crippen molar-refractivity contribution in [1.82, 2.24) is 0 Å². The highest BCUT2D eigenvalue weighted by atomic mass is 31.1. The van der Waals surface area contributed by atoms with Crippen LogP contribution in [0.25, 0.3) is 0 Å². The van der Waals surface area contributed by atoms with E-state index in [0.29, 0.717) is 37.2 Å². The highest BCUT2D eigenvalue weighted by molar-refractivity contribution is 7.33. The summed E-state index contributed by atoms with van der Waals surface area (Å²) in [4.78, 5) is 0. The van der Waals surface area contributed by atoms with Gasteiger partial charge in [0.1, 0.15) is 22.7 Å². The summed E-state index contributed by atoms with van der Waals surface area (Å²) in [5.41, 5.74) is 2.27. The van der Waals surface area contributed by atoms with E-state index in [2.05, 4.69) is 111 Å². The van der Waals surface area contributed by atoms with Crippen LogP contribution in [0.4, 0.5) is 0 Å². The summed E-state index contributed by atoms with van der Waals surface area (Å²) in [5.74, 6) is 0.623. The zero-order valence-corrected chi connectivity index (χ0v) is 31.8. The average molecular weight is 631 g/mol. The Morgan fingerprint density at radius 1 is 0.500 bits per heavy atom. The molecule has 2 aromatic carbocycles. The van der Waals surface area contributed by atoms with Crippen molar-refractivity contribution in [2.75, 3.05) is 0 Å². The molecule has 0 atom stereocenters. The SMILES string of the molecule is CCC(CC)(O[PH](=O)OC(CC)(CC)c1cc(C(C)(C)C)c(O)c(C(C)(C)C)c1)c1cc(C(C)(C)C)c(O)c(C(C)(C)C)c1. The largest absolute Gasteiger partial charge is 0.507 e. The van der Waals surface area contributed by atoms with Gasteiger partial charge in [0.05, 0.1) is 0 Å². The van der Waals surface area contributed by atoms with Gasteiger partial charge in [-0.25, -0.2) is 0 Å². The maximum absolute atomic E-state index is 14.2. The van der Waals surface area contributed by atoms with Crippen LogP contribution in [0.15, 0.2) is 24.3 Å². The van der Waals surface area contributed by atoms with Crippen LogP contribution in [0.5, 0.6) is 11.5 Å². The number of hydrogen-bond donors (Lipinski definition) is 2. The van der Waals surface area contributed by atoms with Gasteiger partial charge in [-0.1, -0.05) is 111 Å². The summed E-state index contributed by atoms with van der Waals surface area (Å²) in [6, 6.07) is 8.13. The molecule has 0 spiro atoms. The molecular weight excluding hydrogens is 567 g/mol. The van der Waals surface area contributed by atoms with E-state index < -0.39 is 19.5 Å². The molecule has 2 rings (SSSR count). The second-order valence-electron chi connectivity index (χ2n) is 16.7. The van der Waals surface area contributed by atoms with Crippen molar-refractivity contribution < 1.29 is 23.8 Å². The quantitative estimate of drug-likeness (QED) is 0.255. The molecule has 0 saturated heterocycles. The number of benzene rings is 2. The molecule has 0 saturated carbocycles. The Kier molecular flexibility index (Phi) is 11.4. The molecule has 0 bridgehead atoms. The van der Waals surface area contributed by atoms with Crippen molar-refractivity contribution in [3.05, 3.63) is 57.6 Å². The zero-order chi connectivity index (χ0) is 34.3. The molecule has 0 radical (unpaired) electrons. The predicted octanol–water partition coefficient (Wildman–Crippen LogP) is 11.4. The van der Waals surface area contributed by atoms with Crippen molar-refractivity contribution in [3.8, 4) is 11.5 Å². The molecule has 6 heteroatoms. The molecular formula is C38H63O5P. The molecule has 0 heterocycles. The third-order valence-electron chi connectivity index (χ3n) is 9.35. The molecule has 5 nitrogen and oxygen atoms in total. The number of hydrogen-bond acceptors (Lipinski definition) is 5. The van der Waals surface area contributed by atoms with E-state index in [1.165, 1.54) is 0 Å². The van der Waals surface area contributed by atoms with Gasteiger partial charge in [-0.2, -0.15) is 0 Å². The van der Waals surface area contributed by atoms with E-state index in [9.17, 15) is 14.8 Å². The fourth-order valence-electron chi connectivity index (χ4n) is 6.14. The average Bonchev–Trinajstić information content (AvgIpc) is 2.88. The minimum Gasteiger partial charge on any atom is -0.507 e. The summed E-state index contributed by atoms with van der Waals surface area (Å²) in [5, 5.41) is 22.7. The van der Waals surface area contributed by atoms with E-state index in [-0.39, 0.29) is 21.7 Å². The van der Waals surface area contributed by atoms with E-state index in [1.54, 1.807) is 0 Å². The van der Waals surface area contributed by atoms with Gasteiger partial charge >= 0.3 is 8.25 Å². The Bertz CT molecular complexity index is 1150. The van der Waals surface area contributed by atoms with Gasteiger partial charge < -0.3 is 10.2 Å². The molecule has 0 aliphatic heterocycles. The summed E-state index contributed by atoms with van der Waals surface area (Å²) in [6.45, 7) is 33.3. The fraction of sp³-hybridized carbons (Fsp3) is 0.684. The van der Waals surface area contributed by atoms with Crippen molar-refractivity contribution >= 4 is 8.25 Å². The van der Waals surface area contributed by atoms with Crippen LogP contribution in [0.1, 0.15) is 170 Å². The lowest BCUT2D eigenvalue weighted by Crippen LogP contribution is -2.31. The molecule has 0 aromatic heterocycles. The van der Waals surface area contributed by atoms with Crippen molar-refractivity contribution in [3.63, 3.8) is 0 Å². The van der Waals surface area contributed by atoms with Gasteiger partial charge in [0.2, 0.25) is 0 Å². The summed E-state index contributed by atoms with van der Waals surface area (Å²) < 4.78 is 27.3. The number of phenols is 2. The zero-order valence-electron chi connectivity index (χ0n) is 30.8. The first-order valence-corrected chi connectivity index (χ1v) is 17.7. The third-order valence-corrected chi connectivity index (χ3v) is 10.5. The topological polar surface area (TPSA) is 76.0 Å². The maximum atomic E-state index is 14.2. The highest BCUT2D eigenvalue weighted by Crippen LogP contribution is 2.52. The molecule has 0 aliphatic rings. The number of rotatable bonds is 10. The van der Waals surface area contributed by atoms with E-state index >= 15 is 0 Å². The van der Waals surface area contributed by atoms with Crippen LogP contribution in [-0.4, -0.2) is 10.2 Å². The monoisotopic (exact) mass is 630 g/mol. The van der Waals surface area contributed by atoms with Gasteiger partial charge in [0.25, 0.3) is 0 Å². The summed E-state index contributed by atoms with van der Waals surface area (Å²) in [7, 11) is -3.03. The first-order chi connectivity index (χ1) is 19.8. The van der Waals surface area contributed by atoms with Crippen molar-refractivity contribution in [1.29, 1.82) is 0 Å². The summed E-state index contributed by atoms with van der Waals surface area (Å²) in [6.07, 6.45) is 2.37. The molecule has 2 aromatic rings. The van der Waals surface area contributed by atoms with E-state index in [0.717, 1.165) is 33.4 Å². The van der Waals surface area contributed by atoms with Gasteiger partial charge in [0.15, 0.2) is 0 Å². The Balaban J connectivity index is 2.74. The lowest BCUT2D eigenvalue weighted by Gasteiger charge is -2.39. The molecule has 250 valence electrons. The fourth-order valence-corrected chi connectivity index (χ4v) is 7.64. The van der Waals surface area contributed by atoms with Gasteiger partial charge in [-0.15, -0.1) is 0 Å². The van der Waals surface area contributed by atoms with Crippen LogP contribution < -0.4 is 0 Å². The van der Waals surface area contributed by atoms with Crippen LogP contribution in [0.2, 0.25) is 0 Å². The van der Waals surface area contributed by atoms with Gasteiger partial charge in [-0.3, -0.25) is 13.6 Å². The van der Waals surface area contributed by atoms with E-state index in [4.69, 9.17) is 9.05 Å². The highest BCUT2D eigenvalue weighted by Gasteiger charge is 2.40. The Hall–Kier alpha value is -1.81. The molecule has 0 unspecified atom stereocenters. The normalized spacial score (nSPS) is 14.0. The molecule has 44 heavy (non-hydrogen) atoms. The number of phenolic OH excluding ortho intramolecular Hbond substituents is 2. The van der Waals surface area contributed by atoms with Crippen LogP contribution >= 0.6 is 8.25 Å². The first-order valence-electron chi connectivity index (χ1n) is 16.5. The minimum atomic E-state index is -3.03. The van der Waals surface area contributed by atoms with Crippen molar-refractivity contribution in [2.24, 2.45) is 0 Å². The maximum Gasteiger partial charge on any atom is 0.320 e. The van der Waals surface area contributed by atoms with Gasteiger partial charge in [0, 0.05) is 0 Å². The van der Waals surface area contributed by atoms with Gasteiger partial charge in [-0.05, 0) is 105 Å². The number of aromatic hydroxyl groups is 2. The van der Waals surface area contributed by atoms with Crippen LogP contribution in [0, 0.1) is 0 Å². The Morgan fingerprint density at radius 2 is 0.705 bits per heavy atom. The minimum absolute atomic E-state index is 0.303. The predicted molar refractivity (Wildman–Crippen MR) is 187 cm³/mol. The third kappa shape index (κ3) is 7.94. The first kappa shape index (κ1) is 38.4.